The van der Waals surface area contributed by atoms with Crippen molar-refractivity contribution in [2.45, 2.75) is 20.8 Å². The van der Waals surface area contributed by atoms with Gasteiger partial charge < -0.3 is 10.4 Å². The topological polar surface area (TPSA) is 75.1 Å². The SMILES string of the molecule is Cc1cc(C(=O)O)nc(NCC(C)C)n1. The predicted octanol–water partition coefficient (Wildman–Crippen LogP) is 1.55. The maximum Gasteiger partial charge on any atom is 0.354 e. The zero-order valence-electron chi connectivity index (χ0n) is 9.11. The van der Waals surface area contributed by atoms with Gasteiger partial charge in [0, 0.05) is 12.2 Å². The van der Waals surface area contributed by atoms with Crippen LogP contribution in [-0.2, 0) is 0 Å². The van der Waals surface area contributed by atoms with Gasteiger partial charge in [-0.1, -0.05) is 13.8 Å². The summed E-state index contributed by atoms with van der Waals surface area (Å²) in [6.07, 6.45) is 0. The summed E-state index contributed by atoms with van der Waals surface area (Å²) in [5, 5.41) is 11.8. The average molecular weight is 209 g/mol. The Bertz CT molecular complexity index is 364. The van der Waals surface area contributed by atoms with E-state index in [-0.39, 0.29) is 5.69 Å². The molecule has 0 aromatic carbocycles. The van der Waals surface area contributed by atoms with Gasteiger partial charge in [0.25, 0.3) is 0 Å². The lowest BCUT2D eigenvalue weighted by atomic mass is 10.2. The van der Waals surface area contributed by atoms with Crippen molar-refractivity contribution in [2.24, 2.45) is 5.92 Å². The zero-order chi connectivity index (χ0) is 11.4. The van der Waals surface area contributed by atoms with Gasteiger partial charge in [0.05, 0.1) is 0 Å². The predicted molar refractivity (Wildman–Crippen MR) is 57.1 cm³/mol. The van der Waals surface area contributed by atoms with Crippen LogP contribution in [0.4, 0.5) is 5.95 Å². The zero-order valence-corrected chi connectivity index (χ0v) is 9.11. The second kappa shape index (κ2) is 4.72. The standard InChI is InChI=1S/C10H15N3O2/c1-6(2)5-11-10-12-7(3)4-8(13-10)9(14)15/h4,6H,5H2,1-3H3,(H,14,15)(H,11,12,13). The van der Waals surface area contributed by atoms with E-state index in [1.165, 1.54) is 6.07 Å². The second-order valence-corrected chi connectivity index (χ2v) is 3.80. The van der Waals surface area contributed by atoms with Gasteiger partial charge in [0.2, 0.25) is 5.95 Å². The van der Waals surface area contributed by atoms with E-state index in [9.17, 15) is 4.79 Å². The van der Waals surface area contributed by atoms with Crippen molar-refractivity contribution in [2.75, 3.05) is 11.9 Å². The number of nitrogens with zero attached hydrogens (tertiary/aromatic N) is 2. The van der Waals surface area contributed by atoms with Gasteiger partial charge in [-0.2, -0.15) is 0 Å². The van der Waals surface area contributed by atoms with E-state index in [0.717, 1.165) is 6.54 Å². The first-order valence-electron chi connectivity index (χ1n) is 4.82. The van der Waals surface area contributed by atoms with Crippen molar-refractivity contribution in [3.05, 3.63) is 17.5 Å². The van der Waals surface area contributed by atoms with Crippen LogP contribution < -0.4 is 5.32 Å². The molecule has 0 saturated carbocycles. The Balaban J connectivity index is 2.84. The Morgan fingerprint density at radius 2 is 2.20 bits per heavy atom. The Morgan fingerprint density at radius 3 is 2.73 bits per heavy atom. The number of carboxylic acids is 1. The molecule has 0 amide bonds. The molecule has 1 heterocycles. The number of anilines is 1. The van der Waals surface area contributed by atoms with E-state index in [4.69, 9.17) is 5.11 Å². The number of carboxylic acid groups (broad SMARTS) is 1. The molecule has 1 rings (SSSR count). The second-order valence-electron chi connectivity index (χ2n) is 3.80. The number of nitrogens with one attached hydrogen (secondary N) is 1. The van der Waals surface area contributed by atoms with Crippen LogP contribution in [0.15, 0.2) is 6.07 Å². The maximum absolute atomic E-state index is 10.7. The molecular formula is C10H15N3O2. The van der Waals surface area contributed by atoms with Crippen molar-refractivity contribution in [3.63, 3.8) is 0 Å². The van der Waals surface area contributed by atoms with Crippen LogP contribution >= 0.6 is 0 Å². The quantitative estimate of drug-likeness (QED) is 0.786. The summed E-state index contributed by atoms with van der Waals surface area (Å²) in [7, 11) is 0. The van der Waals surface area contributed by atoms with Crippen LogP contribution in [0.5, 0.6) is 0 Å². The molecule has 0 atom stereocenters. The van der Waals surface area contributed by atoms with E-state index < -0.39 is 5.97 Å². The van der Waals surface area contributed by atoms with E-state index in [0.29, 0.717) is 17.6 Å². The fraction of sp³-hybridized carbons (Fsp3) is 0.500. The number of aromatic carboxylic acids is 1. The summed E-state index contributed by atoms with van der Waals surface area (Å²) < 4.78 is 0. The number of carbonyl (C=O) groups is 1. The minimum absolute atomic E-state index is 0.0220. The molecule has 15 heavy (non-hydrogen) atoms. The highest BCUT2D eigenvalue weighted by molar-refractivity contribution is 5.85. The number of aryl methyl sites for hydroxylation is 1. The number of rotatable bonds is 4. The van der Waals surface area contributed by atoms with Crippen molar-refractivity contribution >= 4 is 11.9 Å². The molecular weight excluding hydrogens is 194 g/mol. The molecule has 0 bridgehead atoms. The molecule has 0 aliphatic rings. The van der Waals surface area contributed by atoms with Crippen LogP contribution in [0, 0.1) is 12.8 Å². The summed E-state index contributed by atoms with van der Waals surface area (Å²) in [5.74, 6) is -0.198. The van der Waals surface area contributed by atoms with Gasteiger partial charge in [-0.25, -0.2) is 14.8 Å². The van der Waals surface area contributed by atoms with Gasteiger partial charge in [-0.05, 0) is 18.9 Å². The molecule has 1 aromatic heterocycles. The van der Waals surface area contributed by atoms with Crippen LogP contribution in [0.2, 0.25) is 0 Å². The minimum atomic E-state index is -1.03. The molecule has 0 radical (unpaired) electrons. The van der Waals surface area contributed by atoms with E-state index in [1.54, 1.807) is 6.92 Å². The van der Waals surface area contributed by atoms with Gasteiger partial charge in [0.15, 0.2) is 5.69 Å². The lowest BCUT2D eigenvalue weighted by Gasteiger charge is -2.08. The molecule has 0 saturated heterocycles. The molecule has 2 N–H and O–H groups in total. The highest BCUT2D eigenvalue weighted by Crippen LogP contribution is 2.05. The monoisotopic (exact) mass is 209 g/mol. The van der Waals surface area contributed by atoms with Crippen molar-refractivity contribution in [1.82, 2.24) is 9.97 Å². The number of hydrogen-bond acceptors (Lipinski definition) is 4. The summed E-state index contributed by atoms with van der Waals surface area (Å²) in [6, 6.07) is 1.45. The van der Waals surface area contributed by atoms with Crippen molar-refractivity contribution < 1.29 is 9.90 Å². The third-order valence-corrected chi connectivity index (χ3v) is 1.74. The fourth-order valence-electron chi connectivity index (χ4n) is 1.05. The molecule has 5 nitrogen and oxygen atoms in total. The molecule has 0 fully saturated rings. The molecule has 0 unspecified atom stereocenters. The normalized spacial score (nSPS) is 10.4. The first-order chi connectivity index (χ1) is 6.99. The van der Waals surface area contributed by atoms with Crippen LogP contribution in [0.3, 0.4) is 0 Å². The Hall–Kier alpha value is -1.65. The van der Waals surface area contributed by atoms with Crippen molar-refractivity contribution in [3.8, 4) is 0 Å². The summed E-state index contributed by atoms with van der Waals surface area (Å²) in [6.45, 7) is 6.58. The van der Waals surface area contributed by atoms with Crippen LogP contribution in [-0.4, -0.2) is 27.6 Å². The fourth-order valence-corrected chi connectivity index (χ4v) is 1.05. The van der Waals surface area contributed by atoms with Crippen LogP contribution in [0.1, 0.15) is 30.0 Å². The third kappa shape index (κ3) is 3.53. The van der Waals surface area contributed by atoms with E-state index in [1.807, 2.05) is 0 Å². The lowest BCUT2D eigenvalue weighted by molar-refractivity contribution is 0.0690. The highest BCUT2D eigenvalue weighted by atomic mass is 16.4. The maximum atomic E-state index is 10.7. The van der Waals surface area contributed by atoms with Gasteiger partial charge in [0.1, 0.15) is 0 Å². The molecule has 0 spiro atoms. The largest absolute Gasteiger partial charge is 0.477 e. The average Bonchev–Trinajstić information content (AvgIpc) is 2.13. The van der Waals surface area contributed by atoms with Gasteiger partial charge >= 0.3 is 5.97 Å². The third-order valence-electron chi connectivity index (χ3n) is 1.74. The minimum Gasteiger partial charge on any atom is -0.477 e. The van der Waals surface area contributed by atoms with E-state index >= 15 is 0 Å². The van der Waals surface area contributed by atoms with Crippen LogP contribution in [0.25, 0.3) is 0 Å². The van der Waals surface area contributed by atoms with Crippen molar-refractivity contribution in [1.29, 1.82) is 0 Å². The summed E-state index contributed by atoms with van der Waals surface area (Å²) in [4.78, 5) is 18.7. The lowest BCUT2D eigenvalue weighted by Crippen LogP contribution is -2.13. The Kier molecular flexibility index (Phi) is 3.60. The molecule has 1 aromatic rings. The highest BCUT2D eigenvalue weighted by Gasteiger charge is 2.08. The molecule has 0 aliphatic heterocycles. The number of aromatic nitrogens is 2. The summed E-state index contributed by atoms with van der Waals surface area (Å²) in [5.41, 5.74) is 0.669. The Morgan fingerprint density at radius 1 is 1.53 bits per heavy atom. The summed E-state index contributed by atoms with van der Waals surface area (Å²) >= 11 is 0. The van der Waals surface area contributed by atoms with E-state index in [2.05, 4.69) is 29.1 Å². The molecule has 0 aliphatic carbocycles. The van der Waals surface area contributed by atoms with Gasteiger partial charge in [-0.3, -0.25) is 0 Å². The smallest absolute Gasteiger partial charge is 0.354 e. The first-order valence-corrected chi connectivity index (χ1v) is 4.82. The molecule has 82 valence electrons. The van der Waals surface area contributed by atoms with Gasteiger partial charge in [-0.15, -0.1) is 0 Å². The Labute approximate surface area is 88.6 Å². The number of hydrogen-bond donors (Lipinski definition) is 2. The molecule has 5 heteroatoms. The first kappa shape index (κ1) is 11.4.